The van der Waals surface area contributed by atoms with E-state index in [1.807, 2.05) is 31.2 Å². The van der Waals surface area contributed by atoms with Crippen LogP contribution < -0.4 is 4.74 Å². The molecule has 0 fully saturated rings. The fraction of sp³-hybridized carbons (Fsp3) is 0.235. The first-order valence-corrected chi connectivity index (χ1v) is 6.76. The number of phenols is 1. The second-order valence-electron chi connectivity index (χ2n) is 4.79. The summed E-state index contributed by atoms with van der Waals surface area (Å²) in [5, 5.41) is 9.82. The lowest BCUT2D eigenvalue weighted by Gasteiger charge is -2.09. The molecule has 2 aromatic carbocycles. The number of Topliss-reactive ketones (excluding diaryl/α,β-unsaturated/α-hetero) is 1. The monoisotopic (exact) mass is 288 g/mol. The van der Waals surface area contributed by atoms with Gasteiger partial charge in [0.1, 0.15) is 0 Å². The number of carbonyl (C=O) groups is 1. The smallest absolute Gasteiger partial charge is 0.207 e. The maximum Gasteiger partial charge on any atom is 0.207 e. The van der Waals surface area contributed by atoms with Crippen LogP contribution in [-0.4, -0.2) is 17.5 Å². The minimum Gasteiger partial charge on any atom is -0.504 e. The van der Waals surface area contributed by atoms with Gasteiger partial charge < -0.3 is 9.84 Å². The van der Waals surface area contributed by atoms with Gasteiger partial charge in [0, 0.05) is 6.42 Å². The zero-order valence-electron chi connectivity index (χ0n) is 12.0. The summed E-state index contributed by atoms with van der Waals surface area (Å²) in [5.74, 6) is -1.94. The summed E-state index contributed by atoms with van der Waals surface area (Å²) in [6.07, 6.45) is 0.112. The minimum atomic E-state index is -0.897. The van der Waals surface area contributed by atoms with Gasteiger partial charge in [-0.1, -0.05) is 29.8 Å². The first kappa shape index (κ1) is 15.0. The molecule has 0 aliphatic carbocycles. The van der Waals surface area contributed by atoms with Crippen LogP contribution in [0.25, 0.3) is 0 Å². The highest BCUT2D eigenvalue weighted by Crippen LogP contribution is 2.30. The summed E-state index contributed by atoms with van der Waals surface area (Å²) in [6, 6.07) is 10.2. The highest BCUT2D eigenvalue weighted by molar-refractivity contribution is 6.00. The van der Waals surface area contributed by atoms with E-state index < -0.39 is 11.6 Å². The van der Waals surface area contributed by atoms with Crippen LogP contribution in [0.5, 0.6) is 11.5 Å². The lowest BCUT2D eigenvalue weighted by molar-refractivity contribution is 0.0989. The van der Waals surface area contributed by atoms with Crippen LogP contribution in [0.3, 0.4) is 0 Å². The van der Waals surface area contributed by atoms with Crippen molar-refractivity contribution in [1.82, 2.24) is 0 Å². The van der Waals surface area contributed by atoms with Crippen molar-refractivity contribution in [3.8, 4) is 11.5 Å². The van der Waals surface area contributed by atoms with E-state index in [0.29, 0.717) is 0 Å². The fourth-order valence-electron chi connectivity index (χ4n) is 2.02. The highest BCUT2D eigenvalue weighted by atomic mass is 19.1. The van der Waals surface area contributed by atoms with E-state index in [1.54, 1.807) is 6.92 Å². The van der Waals surface area contributed by atoms with Crippen molar-refractivity contribution in [1.29, 1.82) is 0 Å². The Labute approximate surface area is 123 Å². The van der Waals surface area contributed by atoms with E-state index in [0.717, 1.165) is 11.1 Å². The standard InChI is InChI=1S/C17H17FO3/c1-3-21-15-9-8-13(17(20)16(15)18)14(19)10-12-6-4-11(2)5-7-12/h4-9,20H,3,10H2,1-2H3. The molecule has 0 saturated heterocycles. The number of phenolic OH excluding ortho intramolecular Hbond substituents is 1. The van der Waals surface area contributed by atoms with Crippen LogP contribution in [0.1, 0.15) is 28.4 Å². The molecular formula is C17H17FO3. The summed E-state index contributed by atoms with van der Waals surface area (Å²) < 4.78 is 18.9. The molecule has 3 nitrogen and oxygen atoms in total. The van der Waals surface area contributed by atoms with Gasteiger partial charge in [-0.15, -0.1) is 0 Å². The van der Waals surface area contributed by atoms with Gasteiger partial charge >= 0.3 is 0 Å². The zero-order chi connectivity index (χ0) is 15.4. The van der Waals surface area contributed by atoms with Crippen LogP contribution in [-0.2, 0) is 6.42 Å². The number of benzene rings is 2. The Morgan fingerprint density at radius 1 is 1.19 bits per heavy atom. The molecule has 0 unspecified atom stereocenters. The van der Waals surface area contributed by atoms with Crippen LogP contribution in [0, 0.1) is 12.7 Å². The number of carbonyl (C=O) groups excluding carboxylic acids is 1. The highest BCUT2D eigenvalue weighted by Gasteiger charge is 2.18. The van der Waals surface area contributed by atoms with Gasteiger partial charge in [-0.2, -0.15) is 4.39 Å². The molecule has 110 valence electrons. The molecular weight excluding hydrogens is 271 g/mol. The molecule has 2 aromatic rings. The number of aromatic hydroxyl groups is 1. The summed E-state index contributed by atoms with van der Waals surface area (Å²) in [5.41, 5.74) is 1.89. The molecule has 1 N–H and O–H groups in total. The van der Waals surface area contributed by atoms with E-state index >= 15 is 0 Å². The molecule has 0 aromatic heterocycles. The van der Waals surface area contributed by atoms with Crippen molar-refractivity contribution in [2.75, 3.05) is 6.61 Å². The first-order chi connectivity index (χ1) is 10.0. The van der Waals surface area contributed by atoms with Crippen LogP contribution in [0.2, 0.25) is 0 Å². The predicted octanol–water partition coefficient (Wildman–Crippen LogP) is 3.66. The quantitative estimate of drug-likeness (QED) is 0.854. The van der Waals surface area contributed by atoms with E-state index in [1.165, 1.54) is 12.1 Å². The second kappa shape index (κ2) is 6.39. The maximum absolute atomic E-state index is 13.9. The number of ether oxygens (including phenoxy) is 1. The van der Waals surface area contributed by atoms with E-state index in [2.05, 4.69) is 0 Å². The third-order valence-corrected chi connectivity index (χ3v) is 3.17. The average Bonchev–Trinajstić information content (AvgIpc) is 2.46. The maximum atomic E-state index is 13.9. The normalized spacial score (nSPS) is 10.4. The van der Waals surface area contributed by atoms with Gasteiger partial charge in [0.25, 0.3) is 0 Å². The number of halogens is 1. The Bertz CT molecular complexity index is 648. The van der Waals surface area contributed by atoms with Crippen molar-refractivity contribution in [2.45, 2.75) is 20.3 Å². The third kappa shape index (κ3) is 3.40. The average molecular weight is 288 g/mol. The molecule has 0 radical (unpaired) electrons. The van der Waals surface area contributed by atoms with Crippen molar-refractivity contribution < 1.29 is 19.0 Å². The summed E-state index contributed by atoms with van der Waals surface area (Å²) >= 11 is 0. The van der Waals surface area contributed by atoms with E-state index in [9.17, 15) is 14.3 Å². The number of rotatable bonds is 5. The number of hydrogen-bond acceptors (Lipinski definition) is 3. The molecule has 4 heteroatoms. The topological polar surface area (TPSA) is 46.5 Å². The summed E-state index contributed by atoms with van der Waals surface area (Å²) in [7, 11) is 0. The number of aryl methyl sites for hydroxylation is 1. The Kier molecular flexibility index (Phi) is 4.58. The Morgan fingerprint density at radius 2 is 1.86 bits per heavy atom. The molecule has 0 aliphatic rings. The SMILES string of the molecule is CCOc1ccc(C(=O)Cc2ccc(C)cc2)c(O)c1F. The van der Waals surface area contributed by atoms with Gasteiger partial charge in [0.2, 0.25) is 5.82 Å². The molecule has 2 rings (SSSR count). The van der Waals surface area contributed by atoms with Crippen molar-refractivity contribution >= 4 is 5.78 Å². The van der Waals surface area contributed by atoms with Gasteiger partial charge in [-0.3, -0.25) is 4.79 Å². The first-order valence-electron chi connectivity index (χ1n) is 6.76. The van der Waals surface area contributed by atoms with Gasteiger partial charge in [0.05, 0.1) is 12.2 Å². The third-order valence-electron chi connectivity index (χ3n) is 3.17. The summed E-state index contributed by atoms with van der Waals surface area (Å²) in [6.45, 7) is 3.96. The van der Waals surface area contributed by atoms with E-state index in [-0.39, 0.29) is 30.1 Å². The van der Waals surface area contributed by atoms with Crippen molar-refractivity contribution in [3.05, 3.63) is 58.9 Å². The number of hydrogen-bond donors (Lipinski definition) is 1. The van der Waals surface area contributed by atoms with E-state index in [4.69, 9.17) is 4.74 Å². The molecule has 0 bridgehead atoms. The molecule has 0 heterocycles. The molecule has 0 amide bonds. The Balaban J connectivity index is 2.23. The molecule has 0 atom stereocenters. The Morgan fingerprint density at radius 3 is 2.48 bits per heavy atom. The zero-order valence-corrected chi connectivity index (χ0v) is 12.0. The largest absolute Gasteiger partial charge is 0.504 e. The summed E-state index contributed by atoms with van der Waals surface area (Å²) in [4.78, 5) is 12.2. The molecule has 21 heavy (non-hydrogen) atoms. The predicted molar refractivity (Wildman–Crippen MR) is 78.4 cm³/mol. The lowest BCUT2D eigenvalue weighted by Crippen LogP contribution is -2.06. The molecule has 0 saturated carbocycles. The Hall–Kier alpha value is -2.36. The van der Waals surface area contributed by atoms with Crippen molar-refractivity contribution in [3.63, 3.8) is 0 Å². The van der Waals surface area contributed by atoms with Crippen LogP contribution >= 0.6 is 0 Å². The fourth-order valence-corrected chi connectivity index (χ4v) is 2.02. The number of ketones is 1. The van der Waals surface area contributed by atoms with Crippen LogP contribution in [0.15, 0.2) is 36.4 Å². The molecule has 0 spiro atoms. The van der Waals surface area contributed by atoms with Gasteiger partial charge in [-0.05, 0) is 31.5 Å². The van der Waals surface area contributed by atoms with Gasteiger partial charge in [0.15, 0.2) is 17.3 Å². The van der Waals surface area contributed by atoms with Crippen LogP contribution in [0.4, 0.5) is 4.39 Å². The van der Waals surface area contributed by atoms with Gasteiger partial charge in [-0.25, -0.2) is 0 Å². The lowest BCUT2D eigenvalue weighted by atomic mass is 10.0. The minimum absolute atomic E-state index is 0.0310. The van der Waals surface area contributed by atoms with Crippen molar-refractivity contribution in [2.24, 2.45) is 0 Å². The molecule has 0 aliphatic heterocycles. The second-order valence-corrected chi connectivity index (χ2v) is 4.79.